The summed E-state index contributed by atoms with van der Waals surface area (Å²) in [5.41, 5.74) is 0.304. The summed E-state index contributed by atoms with van der Waals surface area (Å²) in [5.74, 6) is 0.801. The Kier molecular flexibility index (Phi) is 5.31. The minimum Gasteiger partial charge on any atom is -0.496 e. The molecule has 0 aliphatic carbocycles. The fourth-order valence-corrected chi connectivity index (χ4v) is 3.81. The van der Waals surface area contributed by atoms with Gasteiger partial charge in [0.2, 0.25) is 5.88 Å². The van der Waals surface area contributed by atoms with E-state index >= 15 is 0 Å². The SMILES string of the molecule is COc1ccccc1[C@@]1(O)CCCN(C(=O)COc2ncnc3ccccc23)C1. The summed E-state index contributed by atoms with van der Waals surface area (Å²) < 4.78 is 11.1. The summed E-state index contributed by atoms with van der Waals surface area (Å²) in [6.07, 6.45) is 2.68. The predicted molar refractivity (Wildman–Crippen MR) is 108 cm³/mol. The third-order valence-corrected chi connectivity index (χ3v) is 5.27. The number of ether oxygens (including phenoxy) is 2. The lowest BCUT2D eigenvalue weighted by atomic mass is 9.85. The van der Waals surface area contributed by atoms with Crippen LogP contribution in [0.15, 0.2) is 54.9 Å². The molecule has 1 N–H and O–H groups in total. The predicted octanol–water partition coefficient (Wildman–Crippen LogP) is 2.53. The number of β-amino-alcohol motifs (C(OH)–C–C–N with tert-alkyl or cyclic N) is 1. The highest BCUT2D eigenvalue weighted by Crippen LogP contribution is 2.36. The van der Waals surface area contributed by atoms with Crippen molar-refractivity contribution in [1.82, 2.24) is 14.9 Å². The molecule has 0 saturated carbocycles. The maximum atomic E-state index is 12.8. The van der Waals surface area contributed by atoms with Crippen LogP contribution in [0.5, 0.6) is 11.6 Å². The maximum Gasteiger partial charge on any atom is 0.260 e. The lowest BCUT2D eigenvalue weighted by Gasteiger charge is -2.40. The van der Waals surface area contributed by atoms with Crippen LogP contribution < -0.4 is 9.47 Å². The van der Waals surface area contributed by atoms with E-state index in [0.29, 0.717) is 36.6 Å². The number of aliphatic hydroxyl groups is 1. The van der Waals surface area contributed by atoms with E-state index in [4.69, 9.17) is 9.47 Å². The lowest BCUT2D eigenvalue weighted by molar-refractivity contribution is -0.141. The topological polar surface area (TPSA) is 84.8 Å². The summed E-state index contributed by atoms with van der Waals surface area (Å²) in [7, 11) is 1.58. The Labute approximate surface area is 168 Å². The van der Waals surface area contributed by atoms with E-state index in [1.165, 1.54) is 6.33 Å². The molecule has 4 rings (SSSR count). The average molecular weight is 393 g/mol. The normalized spacial score (nSPS) is 19.2. The highest BCUT2D eigenvalue weighted by molar-refractivity contribution is 5.84. The molecule has 3 aromatic rings. The van der Waals surface area contributed by atoms with Crippen LogP contribution in [0.25, 0.3) is 10.9 Å². The third kappa shape index (κ3) is 3.86. The van der Waals surface area contributed by atoms with E-state index in [1.54, 1.807) is 12.0 Å². The molecule has 1 fully saturated rings. The third-order valence-electron chi connectivity index (χ3n) is 5.27. The molecule has 1 atom stereocenters. The fraction of sp³-hybridized carbons (Fsp3) is 0.318. The molecule has 2 heterocycles. The molecule has 7 heteroatoms. The van der Waals surface area contributed by atoms with Crippen molar-refractivity contribution in [1.29, 1.82) is 0 Å². The number of carbonyl (C=O) groups is 1. The first-order chi connectivity index (χ1) is 14.1. The number of piperidine rings is 1. The standard InChI is InChI=1S/C22H23N3O4/c1-28-19-10-5-3-8-17(19)22(27)11-6-12-25(14-22)20(26)13-29-21-16-7-2-4-9-18(16)23-15-24-21/h2-5,7-10,15,27H,6,11-14H2,1H3/t22-/m1/s1. The van der Waals surface area contributed by atoms with Gasteiger partial charge in [-0.2, -0.15) is 0 Å². The molecule has 150 valence electrons. The van der Waals surface area contributed by atoms with Crippen LogP contribution in [0.3, 0.4) is 0 Å². The molecule has 0 spiro atoms. The highest BCUT2D eigenvalue weighted by Gasteiger charge is 2.38. The van der Waals surface area contributed by atoms with Crippen molar-refractivity contribution in [2.75, 3.05) is 26.8 Å². The van der Waals surface area contributed by atoms with Crippen LogP contribution in [-0.4, -0.2) is 52.7 Å². The molecule has 1 saturated heterocycles. The van der Waals surface area contributed by atoms with Crippen LogP contribution in [-0.2, 0) is 10.4 Å². The van der Waals surface area contributed by atoms with Crippen molar-refractivity contribution in [2.45, 2.75) is 18.4 Å². The van der Waals surface area contributed by atoms with Gasteiger partial charge in [-0.15, -0.1) is 0 Å². The lowest BCUT2D eigenvalue weighted by Crippen LogP contribution is -2.50. The van der Waals surface area contributed by atoms with Gasteiger partial charge >= 0.3 is 0 Å². The van der Waals surface area contributed by atoms with Crippen molar-refractivity contribution in [2.24, 2.45) is 0 Å². The fourth-order valence-electron chi connectivity index (χ4n) is 3.81. The number of rotatable bonds is 5. The zero-order valence-electron chi connectivity index (χ0n) is 16.2. The van der Waals surface area contributed by atoms with E-state index in [2.05, 4.69) is 9.97 Å². The van der Waals surface area contributed by atoms with Crippen molar-refractivity contribution in [3.63, 3.8) is 0 Å². The number of amides is 1. The van der Waals surface area contributed by atoms with Gasteiger partial charge in [-0.1, -0.05) is 30.3 Å². The highest BCUT2D eigenvalue weighted by atomic mass is 16.5. The second kappa shape index (κ2) is 8.05. The van der Waals surface area contributed by atoms with Gasteiger partial charge in [-0.05, 0) is 31.0 Å². The molecular weight excluding hydrogens is 370 g/mol. The summed E-state index contributed by atoms with van der Waals surface area (Å²) in [4.78, 5) is 22.8. The number of benzene rings is 2. The van der Waals surface area contributed by atoms with E-state index in [9.17, 15) is 9.90 Å². The Morgan fingerprint density at radius 3 is 2.83 bits per heavy atom. The minimum absolute atomic E-state index is 0.150. The zero-order valence-corrected chi connectivity index (χ0v) is 16.2. The first-order valence-electron chi connectivity index (χ1n) is 9.57. The number of aromatic nitrogens is 2. The van der Waals surface area contributed by atoms with E-state index in [-0.39, 0.29) is 19.1 Å². The maximum absolute atomic E-state index is 12.8. The van der Waals surface area contributed by atoms with E-state index < -0.39 is 5.60 Å². The molecule has 2 aromatic carbocycles. The summed E-state index contributed by atoms with van der Waals surface area (Å²) in [6, 6.07) is 14.9. The molecule has 0 bridgehead atoms. The van der Waals surface area contributed by atoms with Crippen LogP contribution >= 0.6 is 0 Å². The Balaban J connectivity index is 1.47. The number of likely N-dealkylation sites (tertiary alicyclic amines) is 1. The van der Waals surface area contributed by atoms with Crippen LogP contribution in [0, 0.1) is 0 Å². The monoisotopic (exact) mass is 393 g/mol. The number of para-hydroxylation sites is 2. The van der Waals surface area contributed by atoms with Gasteiger partial charge in [-0.3, -0.25) is 4.79 Å². The first-order valence-corrected chi connectivity index (χ1v) is 9.57. The van der Waals surface area contributed by atoms with Crippen molar-refractivity contribution < 1.29 is 19.4 Å². The number of hydrogen-bond donors (Lipinski definition) is 1. The molecule has 29 heavy (non-hydrogen) atoms. The van der Waals surface area contributed by atoms with Gasteiger partial charge in [0.15, 0.2) is 6.61 Å². The van der Waals surface area contributed by atoms with Crippen molar-refractivity contribution in [3.8, 4) is 11.6 Å². The number of carbonyl (C=O) groups excluding carboxylic acids is 1. The van der Waals surface area contributed by atoms with Crippen molar-refractivity contribution >= 4 is 16.8 Å². The molecule has 1 amide bonds. The van der Waals surface area contributed by atoms with Gasteiger partial charge in [0.05, 0.1) is 24.6 Å². The minimum atomic E-state index is -1.15. The van der Waals surface area contributed by atoms with Gasteiger partial charge < -0.3 is 19.5 Å². The van der Waals surface area contributed by atoms with E-state index in [0.717, 1.165) is 10.9 Å². The Morgan fingerprint density at radius 2 is 1.97 bits per heavy atom. The smallest absolute Gasteiger partial charge is 0.260 e. The summed E-state index contributed by atoms with van der Waals surface area (Å²) >= 11 is 0. The molecule has 0 radical (unpaired) electrons. The zero-order chi connectivity index (χ0) is 20.3. The van der Waals surface area contributed by atoms with Gasteiger partial charge in [-0.25, -0.2) is 9.97 Å². The first kappa shape index (κ1) is 19.1. The molecule has 7 nitrogen and oxygen atoms in total. The Bertz CT molecular complexity index is 1020. The van der Waals surface area contributed by atoms with E-state index in [1.807, 2.05) is 48.5 Å². The second-order valence-corrected chi connectivity index (χ2v) is 7.14. The second-order valence-electron chi connectivity index (χ2n) is 7.14. The van der Waals surface area contributed by atoms with Crippen LogP contribution in [0.1, 0.15) is 18.4 Å². The molecule has 1 aromatic heterocycles. The number of fused-ring (bicyclic) bond motifs is 1. The molecule has 0 unspecified atom stereocenters. The molecular formula is C22H23N3O4. The average Bonchev–Trinajstić information content (AvgIpc) is 2.77. The number of methoxy groups -OCH3 is 1. The van der Waals surface area contributed by atoms with Crippen LogP contribution in [0.4, 0.5) is 0 Å². The summed E-state index contributed by atoms with van der Waals surface area (Å²) in [5, 5.41) is 12.0. The van der Waals surface area contributed by atoms with Crippen molar-refractivity contribution in [3.05, 3.63) is 60.4 Å². The van der Waals surface area contributed by atoms with Gasteiger partial charge in [0.1, 0.15) is 17.7 Å². The largest absolute Gasteiger partial charge is 0.496 e. The molecule has 1 aliphatic rings. The number of nitrogens with zero attached hydrogens (tertiary/aromatic N) is 3. The summed E-state index contributed by atoms with van der Waals surface area (Å²) in [6.45, 7) is 0.618. The van der Waals surface area contributed by atoms with Gasteiger partial charge in [0, 0.05) is 12.1 Å². The van der Waals surface area contributed by atoms with Crippen LogP contribution in [0.2, 0.25) is 0 Å². The molecule has 1 aliphatic heterocycles. The Morgan fingerprint density at radius 1 is 1.17 bits per heavy atom. The number of hydrogen-bond acceptors (Lipinski definition) is 6. The quantitative estimate of drug-likeness (QED) is 0.717. The van der Waals surface area contributed by atoms with Gasteiger partial charge in [0.25, 0.3) is 5.91 Å². The Hall–Kier alpha value is -3.19.